The summed E-state index contributed by atoms with van der Waals surface area (Å²) in [7, 11) is 1.49. The van der Waals surface area contributed by atoms with Gasteiger partial charge in [-0.3, -0.25) is 0 Å². The van der Waals surface area contributed by atoms with Gasteiger partial charge < -0.3 is 15.2 Å². The maximum absolute atomic E-state index is 11.9. The van der Waals surface area contributed by atoms with Crippen molar-refractivity contribution in [2.45, 2.75) is 18.6 Å². The fourth-order valence-corrected chi connectivity index (χ4v) is 1.73. The summed E-state index contributed by atoms with van der Waals surface area (Å²) in [6, 6.07) is 4.45. The number of halogens is 4. The maximum atomic E-state index is 11.9. The molecule has 0 saturated heterocycles. The second-order valence-electron chi connectivity index (χ2n) is 3.95. The fourth-order valence-electron chi connectivity index (χ4n) is 1.55. The van der Waals surface area contributed by atoms with Crippen molar-refractivity contribution >= 4 is 11.6 Å². The van der Waals surface area contributed by atoms with E-state index in [9.17, 15) is 13.2 Å². The summed E-state index contributed by atoms with van der Waals surface area (Å²) < 4.78 is 45.3. The molecule has 1 rings (SSSR count). The van der Waals surface area contributed by atoms with Crippen molar-refractivity contribution in [2.24, 2.45) is 5.73 Å². The minimum Gasteiger partial charge on any atom is -0.496 e. The first-order valence-electron chi connectivity index (χ1n) is 5.57. The maximum Gasteiger partial charge on any atom is 0.411 e. The number of ether oxygens (including phenoxy) is 2. The first-order chi connectivity index (χ1) is 8.83. The lowest BCUT2D eigenvalue weighted by Gasteiger charge is -2.16. The molecule has 0 aliphatic heterocycles. The zero-order valence-electron chi connectivity index (χ0n) is 10.3. The number of hydrogen-bond donors (Lipinski definition) is 1. The van der Waals surface area contributed by atoms with Gasteiger partial charge in [-0.2, -0.15) is 13.2 Å². The van der Waals surface area contributed by atoms with Crippen LogP contribution in [0.15, 0.2) is 18.2 Å². The molecule has 108 valence electrons. The molecule has 0 radical (unpaired) electrons. The summed E-state index contributed by atoms with van der Waals surface area (Å²) >= 11 is 5.85. The van der Waals surface area contributed by atoms with Crippen LogP contribution in [-0.2, 0) is 4.74 Å². The monoisotopic (exact) mass is 297 g/mol. The summed E-state index contributed by atoms with van der Waals surface area (Å²) in [6.45, 7) is -1.36. The van der Waals surface area contributed by atoms with E-state index in [2.05, 4.69) is 4.74 Å². The third-order valence-corrected chi connectivity index (χ3v) is 2.67. The molecule has 0 heterocycles. The van der Waals surface area contributed by atoms with Crippen LogP contribution in [0.2, 0.25) is 5.02 Å². The minimum absolute atomic E-state index is 0.0870. The molecule has 0 saturated carbocycles. The van der Waals surface area contributed by atoms with Gasteiger partial charge in [-0.05, 0) is 24.6 Å². The molecular formula is C12H15ClF3NO2. The van der Waals surface area contributed by atoms with Crippen LogP contribution in [0.1, 0.15) is 18.0 Å². The van der Waals surface area contributed by atoms with Crippen LogP contribution in [0.4, 0.5) is 13.2 Å². The van der Waals surface area contributed by atoms with E-state index >= 15 is 0 Å². The Hall–Kier alpha value is -0.980. The first kappa shape index (κ1) is 16.1. The van der Waals surface area contributed by atoms with Gasteiger partial charge in [0.1, 0.15) is 12.4 Å². The van der Waals surface area contributed by atoms with Gasteiger partial charge in [0.05, 0.1) is 7.11 Å². The van der Waals surface area contributed by atoms with E-state index < -0.39 is 18.8 Å². The molecule has 19 heavy (non-hydrogen) atoms. The van der Waals surface area contributed by atoms with Crippen LogP contribution in [-0.4, -0.2) is 26.5 Å². The number of benzene rings is 1. The number of methoxy groups -OCH3 is 1. The quantitative estimate of drug-likeness (QED) is 0.819. The summed E-state index contributed by atoms with van der Waals surface area (Å²) in [4.78, 5) is 0. The van der Waals surface area contributed by atoms with Crippen molar-refractivity contribution in [1.82, 2.24) is 0 Å². The molecule has 0 amide bonds. The lowest BCUT2D eigenvalue weighted by atomic mass is 10.0. The molecule has 0 spiro atoms. The molecule has 1 aromatic rings. The topological polar surface area (TPSA) is 44.5 Å². The van der Waals surface area contributed by atoms with Crippen molar-refractivity contribution in [3.63, 3.8) is 0 Å². The molecule has 2 N–H and O–H groups in total. The molecular weight excluding hydrogens is 283 g/mol. The van der Waals surface area contributed by atoms with Gasteiger partial charge in [-0.15, -0.1) is 0 Å². The van der Waals surface area contributed by atoms with Crippen LogP contribution in [0.3, 0.4) is 0 Å². The Balaban J connectivity index is 2.53. The first-order valence-corrected chi connectivity index (χ1v) is 5.95. The van der Waals surface area contributed by atoms with Gasteiger partial charge in [-0.25, -0.2) is 0 Å². The molecule has 1 atom stereocenters. The lowest BCUT2D eigenvalue weighted by Crippen LogP contribution is -2.20. The van der Waals surface area contributed by atoms with Crippen molar-refractivity contribution in [3.05, 3.63) is 28.8 Å². The summed E-state index contributed by atoms with van der Waals surface area (Å²) in [5.74, 6) is 0.549. The molecule has 7 heteroatoms. The number of nitrogens with two attached hydrogens (primary N) is 1. The third-order valence-electron chi connectivity index (χ3n) is 2.43. The summed E-state index contributed by atoms with van der Waals surface area (Å²) in [5, 5.41) is 0.488. The van der Waals surface area contributed by atoms with Crippen LogP contribution in [0.5, 0.6) is 5.75 Å². The van der Waals surface area contributed by atoms with Crippen molar-refractivity contribution in [1.29, 1.82) is 0 Å². The molecule has 1 unspecified atom stereocenters. The van der Waals surface area contributed by atoms with E-state index in [4.69, 9.17) is 22.1 Å². The Morgan fingerprint density at radius 1 is 1.37 bits per heavy atom. The second kappa shape index (κ2) is 6.98. The van der Waals surface area contributed by atoms with Crippen LogP contribution in [0, 0.1) is 0 Å². The Morgan fingerprint density at radius 3 is 2.63 bits per heavy atom. The van der Waals surface area contributed by atoms with Crippen molar-refractivity contribution < 1.29 is 22.6 Å². The zero-order chi connectivity index (χ0) is 14.5. The Kier molecular flexibility index (Phi) is 5.90. The van der Waals surface area contributed by atoms with Gasteiger partial charge in [0, 0.05) is 23.2 Å². The van der Waals surface area contributed by atoms with E-state index in [0.29, 0.717) is 16.3 Å². The molecule has 1 aromatic carbocycles. The van der Waals surface area contributed by atoms with Crippen molar-refractivity contribution in [3.8, 4) is 5.75 Å². The third kappa shape index (κ3) is 5.67. The Morgan fingerprint density at radius 2 is 2.05 bits per heavy atom. The number of rotatable bonds is 6. The molecule has 0 fully saturated rings. The lowest BCUT2D eigenvalue weighted by molar-refractivity contribution is -0.174. The van der Waals surface area contributed by atoms with Crippen LogP contribution in [0.25, 0.3) is 0 Å². The molecule has 0 aliphatic rings. The van der Waals surface area contributed by atoms with E-state index in [-0.39, 0.29) is 13.0 Å². The second-order valence-corrected chi connectivity index (χ2v) is 4.39. The average molecular weight is 298 g/mol. The largest absolute Gasteiger partial charge is 0.496 e. The predicted molar refractivity (Wildman–Crippen MR) is 66.4 cm³/mol. The fraction of sp³-hybridized carbons (Fsp3) is 0.500. The number of hydrogen-bond acceptors (Lipinski definition) is 3. The highest BCUT2D eigenvalue weighted by Gasteiger charge is 2.27. The van der Waals surface area contributed by atoms with Gasteiger partial charge >= 0.3 is 6.18 Å². The van der Waals surface area contributed by atoms with E-state index in [1.165, 1.54) is 7.11 Å². The van der Waals surface area contributed by atoms with Crippen LogP contribution >= 0.6 is 11.6 Å². The highest BCUT2D eigenvalue weighted by molar-refractivity contribution is 6.30. The van der Waals surface area contributed by atoms with Gasteiger partial charge in [0.2, 0.25) is 0 Å². The smallest absolute Gasteiger partial charge is 0.411 e. The SMILES string of the molecule is COc1ccc(Cl)cc1C(N)CCOCC(F)(F)F. The molecule has 3 nitrogen and oxygen atoms in total. The van der Waals surface area contributed by atoms with Crippen molar-refractivity contribution in [2.75, 3.05) is 20.3 Å². The molecule has 0 bridgehead atoms. The van der Waals surface area contributed by atoms with Crippen LogP contribution < -0.4 is 10.5 Å². The normalized spacial score (nSPS) is 13.4. The Labute approximate surface area is 114 Å². The van der Waals surface area contributed by atoms with E-state index in [1.54, 1.807) is 18.2 Å². The summed E-state index contributed by atoms with van der Waals surface area (Å²) in [6.07, 6.45) is -4.08. The highest BCUT2D eigenvalue weighted by atomic mass is 35.5. The average Bonchev–Trinajstić information content (AvgIpc) is 2.33. The number of alkyl halides is 3. The zero-order valence-corrected chi connectivity index (χ0v) is 11.1. The minimum atomic E-state index is -4.32. The Bertz CT molecular complexity index is 412. The molecule has 0 aliphatic carbocycles. The molecule has 0 aromatic heterocycles. The predicted octanol–water partition coefficient (Wildman–Crippen LogP) is 3.32. The van der Waals surface area contributed by atoms with Gasteiger partial charge in [0.25, 0.3) is 0 Å². The highest BCUT2D eigenvalue weighted by Crippen LogP contribution is 2.28. The summed E-state index contributed by atoms with van der Waals surface area (Å²) in [5.41, 5.74) is 6.53. The van der Waals surface area contributed by atoms with E-state index in [0.717, 1.165) is 0 Å². The standard InChI is InChI=1S/C12H15ClF3NO2/c1-18-11-3-2-8(13)6-9(11)10(17)4-5-19-7-12(14,15)16/h2-3,6,10H,4-5,7,17H2,1H3. The van der Waals surface area contributed by atoms with E-state index in [1.807, 2.05) is 0 Å². The van der Waals surface area contributed by atoms with Gasteiger partial charge in [0.15, 0.2) is 0 Å². The van der Waals surface area contributed by atoms with Gasteiger partial charge in [-0.1, -0.05) is 11.6 Å².